The SMILES string of the molecule is CC(=O)C1(OC(=O)c2cc(N(C)C(=O)/C=C(\NC=O)C(F)F)c(F)cc2Cl)CC1. The van der Waals surface area contributed by atoms with E-state index in [1.54, 1.807) is 5.32 Å². The number of benzene rings is 1. The number of hydrogen-bond acceptors (Lipinski definition) is 5. The molecule has 0 aliphatic heterocycles. The maximum absolute atomic E-state index is 14.3. The van der Waals surface area contributed by atoms with Gasteiger partial charge in [0.15, 0.2) is 11.4 Å². The molecule has 1 aromatic carbocycles. The van der Waals surface area contributed by atoms with Crippen molar-refractivity contribution in [2.75, 3.05) is 11.9 Å². The summed E-state index contributed by atoms with van der Waals surface area (Å²) in [4.78, 5) is 47.2. The minimum atomic E-state index is -3.15. The Morgan fingerprint density at radius 3 is 2.41 bits per heavy atom. The highest BCUT2D eigenvalue weighted by Crippen LogP contribution is 2.41. The molecule has 1 fully saturated rings. The minimum absolute atomic E-state index is 0.0367. The molecule has 0 aromatic heterocycles. The standard InChI is InChI=1S/C18H16ClF3N2O5/c1-9(26)18(3-4-18)29-17(28)10-5-14(12(20)6-11(10)19)24(2)15(27)7-13(16(21)22)23-8-25/h5-8,16H,3-4H2,1-2H3,(H,23,25)/b13-7-. The molecule has 1 aliphatic rings. The summed E-state index contributed by atoms with van der Waals surface area (Å²) >= 11 is 5.89. The molecule has 0 unspecified atom stereocenters. The van der Waals surface area contributed by atoms with Crippen LogP contribution >= 0.6 is 11.6 Å². The second kappa shape index (κ2) is 8.64. The van der Waals surface area contributed by atoms with Gasteiger partial charge in [-0.1, -0.05) is 11.6 Å². The van der Waals surface area contributed by atoms with Crippen molar-refractivity contribution in [3.8, 4) is 0 Å². The van der Waals surface area contributed by atoms with Crippen LogP contribution in [0.25, 0.3) is 0 Å². The fourth-order valence-corrected chi connectivity index (χ4v) is 2.63. The van der Waals surface area contributed by atoms with E-state index in [-0.39, 0.29) is 22.8 Å². The summed E-state index contributed by atoms with van der Waals surface area (Å²) in [5.41, 5.74) is -2.97. The Labute approximate surface area is 168 Å². The maximum atomic E-state index is 14.3. The van der Waals surface area contributed by atoms with Crippen LogP contribution in [0.5, 0.6) is 0 Å². The zero-order chi connectivity index (χ0) is 21.9. The van der Waals surface area contributed by atoms with Crippen LogP contribution in [0.15, 0.2) is 23.9 Å². The van der Waals surface area contributed by atoms with E-state index in [2.05, 4.69) is 0 Å². The molecule has 11 heteroatoms. The number of alkyl halides is 2. The highest BCUT2D eigenvalue weighted by Gasteiger charge is 2.51. The van der Waals surface area contributed by atoms with Crippen LogP contribution in [-0.2, 0) is 19.1 Å². The number of Topliss-reactive ketones (excluding diaryl/α,β-unsaturated/α-hetero) is 1. The lowest BCUT2D eigenvalue weighted by molar-refractivity contribution is -0.127. The lowest BCUT2D eigenvalue weighted by atomic mass is 10.1. The van der Waals surface area contributed by atoms with Gasteiger partial charge in [0, 0.05) is 13.1 Å². The molecule has 1 aromatic rings. The number of allylic oxidation sites excluding steroid dienone is 1. The zero-order valence-electron chi connectivity index (χ0n) is 15.3. The van der Waals surface area contributed by atoms with Crippen molar-refractivity contribution in [2.45, 2.75) is 31.8 Å². The molecule has 0 heterocycles. The van der Waals surface area contributed by atoms with E-state index in [4.69, 9.17) is 16.3 Å². The normalized spacial score (nSPS) is 14.9. The number of ketones is 1. The molecule has 0 saturated heterocycles. The molecule has 1 aliphatic carbocycles. The third-order valence-electron chi connectivity index (χ3n) is 4.32. The van der Waals surface area contributed by atoms with E-state index in [1.165, 1.54) is 6.92 Å². The van der Waals surface area contributed by atoms with Crippen molar-refractivity contribution in [3.63, 3.8) is 0 Å². The van der Waals surface area contributed by atoms with Crippen LogP contribution in [0, 0.1) is 5.82 Å². The summed E-state index contributed by atoms with van der Waals surface area (Å²) in [5.74, 6) is -3.44. The number of nitrogens with zero attached hydrogens (tertiary/aromatic N) is 1. The van der Waals surface area contributed by atoms with E-state index in [1.807, 2.05) is 0 Å². The lowest BCUT2D eigenvalue weighted by Crippen LogP contribution is -2.29. The van der Waals surface area contributed by atoms with Crippen LogP contribution in [0.4, 0.5) is 18.9 Å². The van der Waals surface area contributed by atoms with Crippen molar-refractivity contribution in [1.82, 2.24) is 5.32 Å². The smallest absolute Gasteiger partial charge is 0.340 e. The van der Waals surface area contributed by atoms with Gasteiger partial charge in [-0.15, -0.1) is 0 Å². The first-order valence-electron chi connectivity index (χ1n) is 8.23. The summed E-state index contributed by atoms with van der Waals surface area (Å²) in [5, 5.41) is 1.36. The first-order chi connectivity index (χ1) is 13.5. The topological polar surface area (TPSA) is 92.8 Å². The number of carbonyl (C=O) groups is 4. The maximum Gasteiger partial charge on any atom is 0.340 e. The van der Waals surface area contributed by atoms with Gasteiger partial charge in [0.1, 0.15) is 5.82 Å². The fourth-order valence-electron chi connectivity index (χ4n) is 2.41. The number of halogens is 4. The molecular formula is C18H16ClF3N2O5. The van der Waals surface area contributed by atoms with Crippen LogP contribution in [0.3, 0.4) is 0 Å². The van der Waals surface area contributed by atoms with Crippen molar-refractivity contribution in [1.29, 1.82) is 0 Å². The molecule has 29 heavy (non-hydrogen) atoms. The number of ether oxygens (including phenoxy) is 1. The van der Waals surface area contributed by atoms with Gasteiger partial charge in [-0.05, 0) is 31.9 Å². The Hall–Kier alpha value is -2.88. The van der Waals surface area contributed by atoms with Gasteiger partial charge < -0.3 is 15.0 Å². The summed E-state index contributed by atoms with van der Waals surface area (Å²) < 4.78 is 45.1. The van der Waals surface area contributed by atoms with Crippen LogP contribution in [0.1, 0.15) is 30.1 Å². The number of anilines is 1. The molecule has 0 atom stereocenters. The Kier molecular flexibility index (Phi) is 6.68. The largest absolute Gasteiger partial charge is 0.447 e. The Morgan fingerprint density at radius 2 is 1.93 bits per heavy atom. The third kappa shape index (κ3) is 4.94. The fraction of sp³-hybridized carbons (Fsp3) is 0.333. The first kappa shape index (κ1) is 22.4. The van der Waals surface area contributed by atoms with Gasteiger partial charge >= 0.3 is 5.97 Å². The first-order valence-corrected chi connectivity index (χ1v) is 8.61. The van der Waals surface area contributed by atoms with E-state index in [0.717, 1.165) is 19.2 Å². The van der Waals surface area contributed by atoms with E-state index < -0.39 is 41.1 Å². The molecule has 0 bridgehead atoms. The molecule has 2 rings (SSSR count). The predicted molar refractivity (Wildman–Crippen MR) is 96.2 cm³/mol. The quantitative estimate of drug-likeness (QED) is 0.387. The van der Waals surface area contributed by atoms with Crippen LogP contribution in [0.2, 0.25) is 5.02 Å². The molecule has 0 spiro atoms. The summed E-state index contributed by atoms with van der Waals surface area (Å²) in [6.07, 6.45) is -2.07. The Morgan fingerprint density at radius 1 is 1.31 bits per heavy atom. The zero-order valence-corrected chi connectivity index (χ0v) is 16.1. The molecule has 156 valence electrons. The number of carbonyl (C=O) groups excluding carboxylic acids is 4. The number of amides is 2. The average Bonchev–Trinajstić information content (AvgIpc) is 3.41. The number of nitrogens with one attached hydrogen (secondary N) is 1. The van der Waals surface area contributed by atoms with Crippen molar-refractivity contribution < 1.29 is 37.1 Å². The van der Waals surface area contributed by atoms with Gasteiger partial charge in [0.05, 0.1) is 22.0 Å². The third-order valence-corrected chi connectivity index (χ3v) is 4.63. The predicted octanol–water partition coefficient (Wildman–Crippen LogP) is 2.62. The number of rotatable bonds is 8. The lowest BCUT2D eigenvalue weighted by Gasteiger charge is -2.19. The second-order valence-electron chi connectivity index (χ2n) is 6.28. The monoisotopic (exact) mass is 432 g/mol. The van der Waals surface area contributed by atoms with Gasteiger partial charge in [0.25, 0.3) is 12.3 Å². The van der Waals surface area contributed by atoms with E-state index >= 15 is 0 Å². The molecule has 2 amide bonds. The van der Waals surface area contributed by atoms with Crippen molar-refractivity contribution in [2.24, 2.45) is 0 Å². The highest BCUT2D eigenvalue weighted by molar-refractivity contribution is 6.33. The Balaban J connectivity index is 2.33. The average molecular weight is 433 g/mol. The Bertz CT molecular complexity index is 900. The number of hydrogen-bond donors (Lipinski definition) is 1. The summed E-state index contributed by atoms with van der Waals surface area (Å²) in [6, 6.07) is 1.67. The van der Waals surface area contributed by atoms with Crippen LogP contribution < -0.4 is 10.2 Å². The van der Waals surface area contributed by atoms with Crippen molar-refractivity contribution >= 4 is 41.4 Å². The van der Waals surface area contributed by atoms with Gasteiger partial charge in [-0.2, -0.15) is 0 Å². The number of likely N-dealkylation sites (N-methyl/N-ethyl adjacent to an activating group) is 1. The van der Waals surface area contributed by atoms with E-state index in [9.17, 15) is 32.3 Å². The molecular weight excluding hydrogens is 417 g/mol. The van der Waals surface area contributed by atoms with Gasteiger partial charge in [-0.3, -0.25) is 14.4 Å². The molecule has 7 nitrogen and oxygen atoms in total. The number of esters is 1. The van der Waals surface area contributed by atoms with Gasteiger partial charge in [-0.25, -0.2) is 18.0 Å². The summed E-state index contributed by atoms with van der Waals surface area (Å²) in [6.45, 7) is 1.27. The molecule has 1 saturated carbocycles. The second-order valence-corrected chi connectivity index (χ2v) is 6.69. The highest BCUT2D eigenvalue weighted by atomic mass is 35.5. The van der Waals surface area contributed by atoms with Crippen molar-refractivity contribution in [3.05, 3.63) is 40.3 Å². The van der Waals surface area contributed by atoms with Crippen LogP contribution in [-0.4, -0.2) is 43.1 Å². The van der Waals surface area contributed by atoms with E-state index in [0.29, 0.717) is 23.8 Å². The molecule has 0 radical (unpaired) electrons. The van der Waals surface area contributed by atoms with Gasteiger partial charge in [0.2, 0.25) is 6.41 Å². The summed E-state index contributed by atoms with van der Waals surface area (Å²) in [7, 11) is 1.07. The molecule has 1 N–H and O–H groups in total. The minimum Gasteiger partial charge on any atom is -0.447 e.